The molecule has 4 nitrogen and oxygen atoms in total. The van der Waals surface area contributed by atoms with Gasteiger partial charge in [-0.05, 0) is 35.7 Å². The fraction of sp³-hybridized carbons (Fsp3) is 0.200. The van der Waals surface area contributed by atoms with Crippen LogP contribution in [0.25, 0.3) is 0 Å². The van der Waals surface area contributed by atoms with Crippen molar-refractivity contribution in [1.82, 2.24) is 4.31 Å². The van der Waals surface area contributed by atoms with Gasteiger partial charge in [0.05, 0.1) is 4.90 Å². The zero-order valence-corrected chi connectivity index (χ0v) is 12.3. The third kappa shape index (κ3) is 3.00. The first-order valence-corrected chi connectivity index (χ1v) is 7.63. The van der Waals surface area contributed by atoms with Gasteiger partial charge >= 0.3 is 0 Å². The molecular weight excluding hydrogens is 274 g/mol. The van der Waals surface area contributed by atoms with Crippen molar-refractivity contribution in [2.45, 2.75) is 11.3 Å². The number of benzene rings is 2. The fourth-order valence-corrected chi connectivity index (χ4v) is 3.10. The topological polar surface area (TPSA) is 57.6 Å². The van der Waals surface area contributed by atoms with Crippen LogP contribution in [0.1, 0.15) is 11.1 Å². The predicted octanol–water partition coefficient (Wildman–Crippen LogP) is 2.23. The molecule has 0 unspecified atom stereocenters. The second-order valence-electron chi connectivity index (χ2n) is 4.74. The van der Waals surface area contributed by atoms with Crippen LogP contribution in [0.15, 0.2) is 53.4 Å². The van der Waals surface area contributed by atoms with E-state index in [0.29, 0.717) is 16.9 Å². The van der Waals surface area contributed by atoms with E-state index >= 15 is 0 Å². The van der Waals surface area contributed by atoms with Crippen LogP contribution < -0.4 is 0 Å². The molecule has 0 spiro atoms. The SMILES string of the molecule is CN(C)S(=O)(=O)c1ccccc1Cc1cccc(O)c1. The molecule has 0 aliphatic rings. The van der Waals surface area contributed by atoms with Gasteiger partial charge in [-0.15, -0.1) is 0 Å². The van der Waals surface area contributed by atoms with Crippen LogP contribution in [0, 0.1) is 0 Å². The number of nitrogens with zero attached hydrogens (tertiary/aromatic N) is 1. The third-order valence-electron chi connectivity index (χ3n) is 3.04. The number of hydrogen-bond acceptors (Lipinski definition) is 3. The molecule has 0 saturated carbocycles. The van der Waals surface area contributed by atoms with E-state index in [1.54, 1.807) is 36.4 Å². The molecule has 0 aliphatic heterocycles. The van der Waals surface area contributed by atoms with Crippen molar-refractivity contribution in [3.63, 3.8) is 0 Å². The lowest BCUT2D eigenvalue weighted by Crippen LogP contribution is -2.23. The summed E-state index contributed by atoms with van der Waals surface area (Å²) in [5, 5.41) is 9.48. The molecule has 0 bridgehead atoms. The molecule has 0 aromatic heterocycles. The van der Waals surface area contributed by atoms with Gasteiger partial charge in [0.15, 0.2) is 0 Å². The molecule has 5 heteroatoms. The van der Waals surface area contributed by atoms with Crippen molar-refractivity contribution in [3.8, 4) is 5.75 Å². The first-order valence-electron chi connectivity index (χ1n) is 6.19. The van der Waals surface area contributed by atoms with E-state index < -0.39 is 10.0 Å². The Morgan fingerprint density at radius 3 is 2.40 bits per heavy atom. The van der Waals surface area contributed by atoms with Crippen LogP contribution in [-0.2, 0) is 16.4 Å². The summed E-state index contributed by atoms with van der Waals surface area (Å²) in [6, 6.07) is 13.8. The van der Waals surface area contributed by atoms with Gasteiger partial charge in [-0.2, -0.15) is 0 Å². The van der Waals surface area contributed by atoms with Gasteiger partial charge in [-0.1, -0.05) is 30.3 Å². The van der Waals surface area contributed by atoms with Crippen LogP contribution in [0.5, 0.6) is 5.75 Å². The summed E-state index contributed by atoms with van der Waals surface area (Å²) < 4.78 is 25.8. The molecule has 2 rings (SSSR count). The number of phenolic OH excluding ortho intramolecular Hbond substituents is 1. The number of phenols is 1. The molecule has 20 heavy (non-hydrogen) atoms. The lowest BCUT2D eigenvalue weighted by molar-refractivity contribution is 0.474. The number of sulfonamides is 1. The van der Waals surface area contributed by atoms with Crippen molar-refractivity contribution in [2.24, 2.45) is 0 Å². The van der Waals surface area contributed by atoms with E-state index in [0.717, 1.165) is 5.56 Å². The average molecular weight is 291 g/mol. The maximum Gasteiger partial charge on any atom is 0.242 e. The van der Waals surface area contributed by atoms with Gasteiger partial charge in [0.1, 0.15) is 5.75 Å². The van der Waals surface area contributed by atoms with Crippen molar-refractivity contribution >= 4 is 10.0 Å². The molecule has 0 aliphatic carbocycles. The first kappa shape index (κ1) is 14.6. The second kappa shape index (κ2) is 5.64. The van der Waals surface area contributed by atoms with E-state index in [1.807, 2.05) is 12.1 Å². The lowest BCUT2D eigenvalue weighted by atomic mass is 10.0. The zero-order chi connectivity index (χ0) is 14.8. The molecular formula is C15H17NO3S. The summed E-state index contributed by atoms with van der Waals surface area (Å²) in [5.41, 5.74) is 1.58. The molecule has 0 saturated heterocycles. The van der Waals surface area contributed by atoms with Gasteiger partial charge < -0.3 is 5.11 Å². The summed E-state index contributed by atoms with van der Waals surface area (Å²) >= 11 is 0. The molecule has 0 amide bonds. The third-order valence-corrected chi connectivity index (χ3v) is 4.95. The summed E-state index contributed by atoms with van der Waals surface area (Å²) in [5.74, 6) is 0.176. The quantitative estimate of drug-likeness (QED) is 0.940. The van der Waals surface area contributed by atoms with Crippen molar-refractivity contribution < 1.29 is 13.5 Å². The van der Waals surface area contributed by atoms with Crippen LogP contribution in [-0.4, -0.2) is 31.9 Å². The first-order chi connectivity index (χ1) is 9.41. The van der Waals surface area contributed by atoms with E-state index in [4.69, 9.17) is 0 Å². The van der Waals surface area contributed by atoms with Gasteiger partial charge in [0, 0.05) is 14.1 Å². The van der Waals surface area contributed by atoms with Crippen LogP contribution in [0.2, 0.25) is 0 Å². The standard InChI is InChI=1S/C15H17NO3S/c1-16(2)20(18,19)15-9-4-3-7-13(15)10-12-6-5-8-14(17)11-12/h3-9,11,17H,10H2,1-2H3. The number of hydrogen-bond donors (Lipinski definition) is 1. The highest BCUT2D eigenvalue weighted by atomic mass is 32.2. The summed E-state index contributed by atoms with van der Waals surface area (Å²) in [6.07, 6.45) is 0.456. The maximum atomic E-state index is 12.3. The molecule has 1 N–H and O–H groups in total. The minimum absolute atomic E-state index is 0.176. The Bertz CT molecular complexity index is 709. The Morgan fingerprint density at radius 1 is 1.05 bits per heavy atom. The average Bonchev–Trinajstić information content (AvgIpc) is 2.39. The number of aromatic hydroxyl groups is 1. The predicted molar refractivity (Wildman–Crippen MR) is 78.2 cm³/mol. The Balaban J connectivity index is 2.44. The highest BCUT2D eigenvalue weighted by Crippen LogP contribution is 2.22. The van der Waals surface area contributed by atoms with Crippen LogP contribution >= 0.6 is 0 Å². The summed E-state index contributed by atoms with van der Waals surface area (Å²) in [6.45, 7) is 0. The zero-order valence-electron chi connectivity index (χ0n) is 11.4. The Hall–Kier alpha value is -1.85. The van der Waals surface area contributed by atoms with E-state index in [1.165, 1.54) is 18.4 Å². The van der Waals surface area contributed by atoms with Crippen molar-refractivity contribution in [1.29, 1.82) is 0 Å². The maximum absolute atomic E-state index is 12.3. The van der Waals surface area contributed by atoms with Crippen LogP contribution in [0.3, 0.4) is 0 Å². The highest BCUT2D eigenvalue weighted by molar-refractivity contribution is 7.89. The highest BCUT2D eigenvalue weighted by Gasteiger charge is 2.20. The number of rotatable bonds is 4. The monoisotopic (exact) mass is 291 g/mol. The van der Waals surface area contributed by atoms with Crippen molar-refractivity contribution in [2.75, 3.05) is 14.1 Å². The van der Waals surface area contributed by atoms with Gasteiger partial charge in [0.25, 0.3) is 0 Å². The second-order valence-corrected chi connectivity index (χ2v) is 6.86. The molecule has 0 radical (unpaired) electrons. The Morgan fingerprint density at radius 2 is 1.75 bits per heavy atom. The van der Waals surface area contributed by atoms with Gasteiger partial charge in [-0.3, -0.25) is 0 Å². The molecule has 0 fully saturated rings. The van der Waals surface area contributed by atoms with Crippen LogP contribution in [0.4, 0.5) is 0 Å². The molecule has 0 heterocycles. The molecule has 0 atom stereocenters. The van der Waals surface area contributed by atoms with Gasteiger partial charge in [-0.25, -0.2) is 12.7 Å². The summed E-state index contributed by atoms with van der Waals surface area (Å²) in [4.78, 5) is 0.299. The van der Waals surface area contributed by atoms with E-state index in [-0.39, 0.29) is 5.75 Å². The fourth-order valence-electron chi connectivity index (χ4n) is 1.98. The Labute approximate surface area is 119 Å². The molecule has 2 aromatic rings. The smallest absolute Gasteiger partial charge is 0.242 e. The van der Waals surface area contributed by atoms with Crippen molar-refractivity contribution in [3.05, 3.63) is 59.7 Å². The van der Waals surface area contributed by atoms with E-state index in [9.17, 15) is 13.5 Å². The largest absolute Gasteiger partial charge is 0.508 e. The summed E-state index contributed by atoms with van der Waals surface area (Å²) in [7, 11) is -0.438. The Kier molecular flexibility index (Phi) is 4.11. The van der Waals surface area contributed by atoms with E-state index in [2.05, 4.69) is 0 Å². The minimum atomic E-state index is -3.47. The molecule has 2 aromatic carbocycles. The minimum Gasteiger partial charge on any atom is -0.508 e. The van der Waals surface area contributed by atoms with Gasteiger partial charge in [0.2, 0.25) is 10.0 Å². The lowest BCUT2D eigenvalue weighted by Gasteiger charge is -2.15. The normalized spacial score (nSPS) is 11.8. The molecule has 106 valence electrons.